The average molecular weight is 258 g/mol. The Labute approximate surface area is 100 Å². The van der Waals surface area contributed by atoms with E-state index >= 15 is 0 Å². The molecule has 0 spiro atoms. The minimum absolute atomic E-state index is 0.164. The number of carbonyl (C=O) groups is 1. The third-order valence-electron chi connectivity index (χ3n) is 1.94. The van der Waals surface area contributed by atoms with Gasteiger partial charge in [0.25, 0.3) is 10.2 Å². The van der Waals surface area contributed by atoms with Gasteiger partial charge in [-0.2, -0.15) is 17.9 Å². The Balaban J connectivity index is 2.42. The van der Waals surface area contributed by atoms with Crippen LogP contribution in [0.15, 0.2) is 30.3 Å². The van der Waals surface area contributed by atoms with Gasteiger partial charge in [-0.1, -0.05) is 30.3 Å². The second kappa shape index (κ2) is 6.33. The van der Waals surface area contributed by atoms with Crippen LogP contribution in [0, 0.1) is 0 Å². The van der Waals surface area contributed by atoms with Crippen LogP contribution in [0.3, 0.4) is 0 Å². The van der Waals surface area contributed by atoms with Crippen LogP contribution in [-0.4, -0.2) is 28.0 Å². The maximum atomic E-state index is 11.4. The highest BCUT2D eigenvalue weighted by molar-refractivity contribution is 7.87. The van der Waals surface area contributed by atoms with Crippen LogP contribution in [-0.2, 0) is 26.3 Å². The van der Waals surface area contributed by atoms with Crippen LogP contribution in [0.1, 0.15) is 5.56 Å². The van der Waals surface area contributed by atoms with Gasteiger partial charge in [0.1, 0.15) is 6.54 Å². The first-order valence-electron chi connectivity index (χ1n) is 4.88. The molecule has 0 amide bonds. The third kappa shape index (κ3) is 5.43. The Morgan fingerprint density at radius 3 is 2.47 bits per heavy atom. The molecule has 1 aromatic rings. The van der Waals surface area contributed by atoms with Gasteiger partial charge in [-0.3, -0.25) is 4.79 Å². The lowest BCUT2D eigenvalue weighted by molar-refractivity contribution is -0.139. The first-order valence-corrected chi connectivity index (χ1v) is 6.37. The normalized spacial score (nSPS) is 11.1. The number of benzene rings is 1. The summed E-state index contributed by atoms with van der Waals surface area (Å²) in [4.78, 5) is 10.8. The number of methoxy groups -OCH3 is 1. The molecule has 94 valence electrons. The lowest BCUT2D eigenvalue weighted by Crippen LogP contribution is -2.39. The Kier molecular flexibility index (Phi) is 5.08. The molecule has 0 saturated heterocycles. The van der Waals surface area contributed by atoms with E-state index in [2.05, 4.69) is 14.2 Å². The summed E-state index contributed by atoms with van der Waals surface area (Å²) in [6, 6.07) is 9.05. The smallest absolute Gasteiger partial charge is 0.320 e. The maximum Gasteiger partial charge on any atom is 0.320 e. The Morgan fingerprint density at radius 2 is 1.88 bits per heavy atom. The molecule has 6 nitrogen and oxygen atoms in total. The second-order valence-electron chi connectivity index (χ2n) is 3.21. The summed E-state index contributed by atoms with van der Waals surface area (Å²) in [5.74, 6) is -0.643. The lowest BCUT2D eigenvalue weighted by Gasteiger charge is -2.07. The van der Waals surface area contributed by atoms with E-state index in [9.17, 15) is 13.2 Å². The van der Waals surface area contributed by atoms with Gasteiger partial charge in [0.2, 0.25) is 0 Å². The van der Waals surface area contributed by atoms with Crippen molar-refractivity contribution in [2.45, 2.75) is 6.54 Å². The van der Waals surface area contributed by atoms with E-state index in [-0.39, 0.29) is 13.1 Å². The van der Waals surface area contributed by atoms with Gasteiger partial charge in [0, 0.05) is 6.54 Å². The monoisotopic (exact) mass is 258 g/mol. The standard InChI is InChI=1S/C10H14N2O4S/c1-16-10(13)8-12-17(14,15)11-7-9-5-3-2-4-6-9/h2-6,11-12H,7-8H2,1H3. The van der Waals surface area contributed by atoms with Gasteiger partial charge in [-0.15, -0.1) is 0 Å². The van der Waals surface area contributed by atoms with Crippen LogP contribution < -0.4 is 9.44 Å². The number of rotatable bonds is 6. The molecule has 17 heavy (non-hydrogen) atoms. The van der Waals surface area contributed by atoms with E-state index in [0.29, 0.717) is 0 Å². The summed E-state index contributed by atoms with van der Waals surface area (Å²) in [5, 5.41) is 0. The van der Waals surface area contributed by atoms with Gasteiger partial charge >= 0.3 is 5.97 Å². The van der Waals surface area contributed by atoms with Crippen LogP contribution in [0.25, 0.3) is 0 Å². The first kappa shape index (κ1) is 13.6. The zero-order chi connectivity index (χ0) is 12.7. The summed E-state index contributed by atoms with van der Waals surface area (Å²) in [6.07, 6.45) is 0. The quantitative estimate of drug-likeness (QED) is 0.691. The van der Waals surface area contributed by atoms with Gasteiger partial charge in [-0.05, 0) is 5.56 Å². The van der Waals surface area contributed by atoms with Crippen molar-refractivity contribution in [3.8, 4) is 0 Å². The third-order valence-corrected chi connectivity index (χ3v) is 2.99. The van der Waals surface area contributed by atoms with E-state index in [1.165, 1.54) is 7.11 Å². The molecular formula is C10H14N2O4S. The molecule has 0 unspecified atom stereocenters. The predicted octanol–water partition coefficient (Wildman–Crippen LogP) is -0.216. The summed E-state index contributed by atoms with van der Waals surface area (Å²) in [7, 11) is -2.50. The number of hydrogen-bond acceptors (Lipinski definition) is 4. The Hall–Kier alpha value is -1.44. The molecule has 2 N–H and O–H groups in total. The average Bonchev–Trinajstić information content (AvgIpc) is 2.35. The van der Waals surface area contributed by atoms with Crippen LogP contribution in [0.4, 0.5) is 0 Å². The highest BCUT2D eigenvalue weighted by Crippen LogP contribution is 1.97. The predicted molar refractivity (Wildman–Crippen MR) is 62.2 cm³/mol. The van der Waals surface area contributed by atoms with Crippen molar-refractivity contribution in [2.24, 2.45) is 0 Å². The van der Waals surface area contributed by atoms with Crippen LogP contribution in [0.5, 0.6) is 0 Å². The molecule has 0 heterocycles. The van der Waals surface area contributed by atoms with E-state index in [0.717, 1.165) is 5.56 Å². The number of ether oxygens (including phenoxy) is 1. The van der Waals surface area contributed by atoms with Gasteiger partial charge < -0.3 is 4.74 Å². The van der Waals surface area contributed by atoms with E-state index in [1.807, 2.05) is 18.2 Å². The van der Waals surface area contributed by atoms with Gasteiger partial charge in [0.05, 0.1) is 7.11 Å². The minimum atomic E-state index is -3.69. The molecular weight excluding hydrogens is 244 g/mol. The van der Waals surface area contributed by atoms with Crippen molar-refractivity contribution in [3.63, 3.8) is 0 Å². The fourth-order valence-electron chi connectivity index (χ4n) is 1.05. The maximum absolute atomic E-state index is 11.4. The van der Waals surface area contributed by atoms with Crippen molar-refractivity contribution < 1.29 is 17.9 Å². The molecule has 0 fully saturated rings. The number of hydrogen-bond donors (Lipinski definition) is 2. The number of carbonyl (C=O) groups excluding carboxylic acids is 1. The topological polar surface area (TPSA) is 84.5 Å². The van der Waals surface area contributed by atoms with E-state index < -0.39 is 16.2 Å². The fraction of sp³-hybridized carbons (Fsp3) is 0.300. The van der Waals surface area contributed by atoms with Crippen molar-refractivity contribution >= 4 is 16.2 Å². The largest absolute Gasteiger partial charge is 0.468 e. The molecule has 1 aromatic carbocycles. The minimum Gasteiger partial charge on any atom is -0.468 e. The Bertz CT molecular complexity index is 458. The van der Waals surface area contributed by atoms with E-state index in [1.54, 1.807) is 12.1 Å². The zero-order valence-electron chi connectivity index (χ0n) is 9.34. The Morgan fingerprint density at radius 1 is 1.24 bits per heavy atom. The molecule has 1 rings (SSSR count). The first-order chi connectivity index (χ1) is 8.03. The second-order valence-corrected chi connectivity index (χ2v) is 4.79. The van der Waals surface area contributed by atoms with E-state index in [4.69, 9.17) is 0 Å². The summed E-state index contributed by atoms with van der Waals surface area (Å²) in [5.41, 5.74) is 0.830. The molecule has 0 aliphatic heterocycles. The van der Waals surface area contributed by atoms with Crippen molar-refractivity contribution in [1.82, 2.24) is 9.44 Å². The van der Waals surface area contributed by atoms with Crippen LogP contribution >= 0.6 is 0 Å². The molecule has 0 aliphatic rings. The highest BCUT2D eigenvalue weighted by atomic mass is 32.2. The van der Waals surface area contributed by atoms with Gasteiger partial charge in [0.15, 0.2) is 0 Å². The molecule has 7 heteroatoms. The summed E-state index contributed by atoms with van der Waals surface area (Å²) < 4.78 is 31.5. The molecule has 0 atom stereocenters. The van der Waals surface area contributed by atoms with Crippen LogP contribution in [0.2, 0.25) is 0 Å². The highest BCUT2D eigenvalue weighted by Gasteiger charge is 2.11. The fourth-order valence-corrected chi connectivity index (χ4v) is 1.82. The summed E-state index contributed by atoms with van der Waals surface area (Å²) in [6.45, 7) is -0.224. The SMILES string of the molecule is COC(=O)CNS(=O)(=O)NCc1ccccc1. The molecule has 0 aromatic heterocycles. The van der Waals surface area contributed by atoms with Crippen molar-refractivity contribution in [1.29, 1.82) is 0 Å². The lowest BCUT2D eigenvalue weighted by atomic mass is 10.2. The summed E-state index contributed by atoms with van der Waals surface area (Å²) >= 11 is 0. The zero-order valence-corrected chi connectivity index (χ0v) is 10.2. The number of nitrogens with one attached hydrogen (secondary N) is 2. The molecule has 0 radical (unpaired) electrons. The van der Waals surface area contributed by atoms with Crippen molar-refractivity contribution in [2.75, 3.05) is 13.7 Å². The van der Waals surface area contributed by atoms with Crippen molar-refractivity contribution in [3.05, 3.63) is 35.9 Å². The number of esters is 1. The van der Waals surface area contributed by atoms with Gasteiger partial charge in [-0.25, -0.2) is 0 Å². The molecule has 0 bridgehead atoms. The molecule has 0 aliphatic carbocycles. The molecule has 0 saturated carbocycles.